The number of nitrogens with zero attached hydrogens (tertiary/aromatic N) is 3. The zero-order valence-electron chi connectivity index (χ0n) is 33.7. The van der Waals surface area contributed by atoms with Crippen LogP contribution in [0.1, 0.15) is 134 Å². The lowest BCUT2D eigenvalue weighted by molar-refractivity contribution is 0.101. The van der Waals surface area contributed by atoms with Crippen molar-refractivity contribution in [3.8, 4) is 35.2 Å². The highest BCUT2D eigenvalue weighted by atomic mass is 16.5. The first-order valence-electron chi connectivity index (χ1n) is 20.5. The number of ether oxygens (including phenoxy) is 2. The maximum atomic E-state index is 13.0. The smallest absolute Gasteiger partial charge is 0.256 e. The van der Waals surface area contributed by atoms with Crippen LogP contribution in [-0.2, 0) is 0 Å². The fourth-order valence-electron chi connectivity index (χ4n) is 5.95. The van der Waals surface area contributed by atoms with Gasteiger partial charge in [0.1, 0.15) is 45.9 Å². The third kappa shape index (κ3) is 15.2. The molecule has 0 unspecified atom stereocenters. The summed E-state index contributed by atoms with van der Waals surface area (Å²) < 4.78 is 11.8. The van der Waals surface area contributed by atoms with Gasteiger partial charge >= 0.3 is 0 Å². The van der Waals surface area contributed by atoms with Crippen LogP contribution in [-0.4, -0.2) is 40.0 Å². The predicted octanol–water partition coefficient (Wildman–Crippen LogP) is 10.7. The van der Waals surface area contributed by atoms with Crippen LogP contribution in [0.2, 0.25) is 0 Å². The Morgan fingerprint density at radius 3 is 1.26 bits per heavy atom. The summed E-state index contributed by atoms with van der Waals surface area (Å²) in [4.78, 5) is 39.7. The molecule has 2 amide bonds. The van der Waals surface area contributed by atoms with Crippen molar-refractivity contribution in [2.75, 3.05) is 23.8 Å². The number of unbranched alkanes of at least 4 members (excludes halogenated alkanes) is 10. The molecule has 58 heavy (non-hydrogen) atoms. The molecule has 3 heterocycles. The van der Waals surface area contributed by atoms with Crippen LogP contribution >= 0.6 is 0 Å². The highest BCUT2D eigenvalue weighted by Gasteiger charge is 2.10. The molecule has 0 saturated carbocycles. The summed E-state index contributed by atoms with van der Waals surface area (Å²) >= 11 is 0. The molecule has 298 valence electrons. The lowest BCUT2D eigenvalue weighted by atomic mass is 10.1. The van der Waals surface area contributed by atoms with E-state index in [0.29, 0.717) is 70.3 Å². The monoisotopic (exact) mass is 775 g/mol. The minimum Gasteiger partial charge on any atom is -0.494 e. The summed E-state index contributed by atoms with van der Waals surface area (Å²) in [5.74, 6) is 13.7. The van der Waals surface area contributed by atoms with E-state index in [1.54, 1.807) is 72.8 Å². The molecule has 9 heteroatoms. The number of amides is 2. The van der Waals surface area contributed by atoms with E-state index < -0.39 is 0 Å². The molecule has 9 nitrogen and oxygen atoms in total. The van der Waals surface area contributed by atoms with Crippen LogP contribution in [0.25, 0.3) is 0 Å². The van der Waals surface area contributed by atoms with E-state index >= 15 is 0 Å². The molecule has 0 aliphatic carbocycles. The molecule has 5 aromatic rings. The number of carbonyl (C=O) groups excluding carboxylic acids is 2. The maximum absolute atomic E-state index is 13.0. The van der Waals surface area contributed by atoms with E-state index in [1.165, 1.54) is 51.4 Å². The van der Waals surface area contributed by atoms with Gasteiger partial charge in [0.15, 0.2) is 0 Å². The summed E-state index contributed by atoms with van der Waals surface area (Å²) in [5.41, 5.74) is 2.93. The molecule has 2 N–H and O–H groups in total. The van der Waals surface area contributed by atoms with Gasteiger partial charge in [0, 0.05) is 11.1 Å². The van der Waals surface area contributed by atoms with Crippen LogP contribution in [0.15, 0.2) is 103 Å². The molecule has 0 saturated heterocycles. The van der Waals surface area contributed by atoms with Crippen LogP contribution in [0.5, 0.6) is 11.5 Å². The minimum atomic E-state index is -0.285. The summed E-state index contributed by atoms with van der Waals surface area (Å²) in [7, 11) is 0. The van der Waals surface area contributed by atoms with Crippen molar-refractivity contribution in [1.29, 1.82) is 0 Å². The Morgan fingerprint density at radius 1 is 0.466 bits per heavy atom. The van der Waals surface area contributed by atoms with Crippen LogP contribution < -0.4 is 20.1 Å². The summed E-state index contributed by atoms with van der Waals surface area (Å²) in [6.07, 6.45) is 14.3. The third-order valence-corrected chi connectivity index (χ3v) is 9.09. The van der Waals surface area contributed by atoms with E-state index in [2.05, 4.69) is 63.1 Å². The largest absolute Gasteiger partial charge is 0.494 e. The Balaban J connectivity index is 1.13. The Kier molecular flexibility index (Phi) is 17.8. The SMILES string of the molecule is CCCCCCCCOc1cccc(C(=O)Nc2cccc(C#Cc3cccc(C#Cc4cccc(NC(=O)c5cccc(OCCCCCCCC)c5)n4)n3)n2)c1. The molecular weight excluding hydrogens is 723 g/mol. The number of nitrogens with one attached hydrogen (secondary N) is 2. The first-order chi connectivity index (χ1) is 28.5. The van der Waals surface area contributed by atoms with Crippen molar-refractivity contribution in [3.05, 3.63) is 137 Å². The molecule has 3 aromatic heterocycles. The number of carbonyl (C=O) groups is 2. The van der Waals surface area contributed by atoms with Gasteiger partial charge in [-0.3, -0.25) is 9.59 Å². The van der Waals surface area contributed by atoms with Gasteiger partial charge in [0.2, 0.25) is 0 Å². The van der Waals surface area contributed by atoms with E-state index in [4.69, 9.17) is 9.47 Å². The fourth-order valence-corrected chi connectivity index (χ4v) is 5.95. The normalized spacial score (nSPS) is 10.4. The standard InChI is InChI=1S/C49H53N5O4/c1-3-5-7-9-11-13-34-57-44-26-15-20-38(36-44)48(55)53-46-28-18-24-42(51-46)32-30-40-22-17-23-41(50-40)31-33-43-25-19-29-47(52-43)54-49(56)39-21-16-27-45(37-39)58-35-14-12-10-8-6-4-2/h15-29,36-37H,3-14,34-35H2,1-2H3,(H,51,53,55)(H,52,54,56). The molecule has 2 aromatic carbocycles. The highest BCUT2D eigenvalue weighted by Crippen LogP contribution is 2.18. The van der Waals surface area contributed by atoms with Crippen LogP contribution in [0, 0.1) is 23.7 Å². The van der Waals surface area contributed by atoms with Crippen molar-refractivity contribution in [3.63, 3.8) is 0 Å². The molecule has 0 fully saturated rings. The van der Waals surface area contributed by atoms with Crippen molar-refractivity contribution in [2.45, 2.75) is 90.9 Å². The molecule has 0 spiro atoms. The first-order valence-corrected chi connectivity index (χ1v) is 20.5. The molecule has 5 rings (SSSR count). The van der Waals surface area contributed by atoms with E-state index in [1.807, 2.05) is 30.3 Å². The number of benzene rings is 2. The molecule has 0 aliphatic heterocycles. The average Bonchev–Trinajstić information content (AvgIpc) is 3.25. The number of aromatic nitrogens is 3. The molecule has 0 radical (unpaired) electrons. The average molecular weight is 776 g/mol. The first kappa shape index (κ1) is 42.7. The predicted molar refractivity (Wildman–Crippen MR) is 231 cm³/mol. The maximum Gasteiger partial charge on any atom is 0.256 e. The Morgan fingerprint density at radius 2 is 0.828 bits per heavy atom. The van der Waals surface area contributed by atoms with Crippen molar-refractivity contribution in [1.82, 2.24) is 15.0 Å². The second-order valence-corrected chi connectivity index (χ2v) is 13.9. The van der Waals surface area contributed by atoms with E-state index in [0.717, 1.165) is 25.7 Å². The number of anilines is 2. The van der Waals surface area contributed by atoms with Gasteiger partial charge in [-0.2, -0.15) is 0 Å². The zero-order chi connectivity index (χ0) is 40.6. The van der Waals surface area contributed by atoms with Crippen LogP contribution in [0.3, 0.4) is 0 Å². The molecule has 0 aliphatic rings. The highest BCUT2D eigenvalue weighted by molar-refractivity contribution is 6.04. The molecule has 0 bridgehead atoms. The Bertz CT molecular complexity index is 2060. The summed E-state index contributed by atoms with van der Waals surface area (Å²) in [6.45, 7) is 5.68. The lowest BCUT2D eigenvalue weighted by Crippen LogP contribution is -2.13. The third-order valence-electron chi connectivity index (χ3n) is 9.09. The van der Waals surface area contributed by atoms with Gasteiger partial charge < -0.3 is 20.1 Å². The van der Waals surface area contributed by atoms with Crippen molar-refractivity contribution < 1.29 is 19.1 Å². The number of hydrogen-bond acceptors (Lipinski definition) is 7. The Labute approximate surface area is 343 Å². The number of pyridine rings is 3. The minimum absolute atomic E-state index is 0.285. The van der Waals surface area contributed by atoms with Gasteiger partial charge in [-0.25, -0.2) is 15.0 Å². The van der Waals surface area contributed by atoms with Gasteiger partial charge in [-0.1, -0.05) is 108 Å². The summed E-state index contributed by atoms with van der Waals surface area (Å²) in [6, 6.07) is 30.3. The second-order valence-electron chi connectivity index (χ2n) is 13.9. The van der Waals surface area contributed by atoms with Crippen molar-refractivity contribution >= 4 is 23.5 Å². The second kappa shape index (κ2) is 24.2. The molecular formula is C49H53N5O4. The van der Waals surface area contributed by atoms with Gasteiger partial charge in [-0.05, 0) is 109 Å². The Hall–Kier alpha value is -6.45. The van der Waals surface area contributed by atoms with Gasteiger partial charge in [0.05, 0.1) is 13.2 Å². The summed E-state index contributed by atoms with van der Waals surface area (Å²) in [5, 5.41) is 5.72. The number of hydrogen-bond donors (Lipinski definition) is 2. The topological polar surface area (TPSA) is 115 Å². The quantitative estimate of drug-likeness (QED) is 0.0597. The lowest BCUT2D eigenvalue weighted by Gasteiger charge is -2.09. The fraction of sp³-hybridized carbons (Fsp3) is 0.327. The zero-order valence-corrected chi connectivity index (χ0v) is 33.7. The van der Waals surface area contributed by atoms with E-state index in [9.17, 15) is 9.59 Å². The van der Waals surface area contributed by atoms with E-state index in [-0.39, 0.29) is 11.8 Å². The van der Waals surface area contributed by atoms with Crippen LogP contribution in [0.4, 0.5) is 11.6 Å². The van der Waals surface area contributed by atoms with Crippen molar-refractivity contribution in [2.24, 2.45) is 0 Å². The number of rotatable bonds is 20. The molecule has 0 atom stereocenters. The van der Waals surface area contributed by atoms with Gasteiger partial charge in [-0.15, -0.1) is 0 Å². The van der Waals surface area contributed by atoms with Gasteiger partial charge in [0.25, 0.3) is 11.8 Å².